The van der Waals surface area contributed by atoms with Gasteiger partial charge in [-0.05, 0) is 25.7 Å². The van der Waals surface area contributed by atoms with E-state index >= 15 is 0 Å². The Hall–Kier alpha value is -0.790. The SMILES string of the molecule is CCCCC(CC)C[n+]1ccn(CC)c1. The molecule has 0 aliphatic carbocycles. The number of hydrogen-bond donors (Lipinski definition) is 0. The van der Waals surface area contributed by atoms with E-state index in [0.717, 1.165) is 12.5 Å². The van der Waals surface area contributed by atoms with Crippen molar-refractivity contribution in [2.75, 3.05) is 0 Å². The van der Waals surface area contributed by atoms with E-state index in [9.17, 15) is 0 Å². The highest BCUT2D eigenvalue weighted by atomic mass is 15.1. The smallest absolute Gasteiger partial charge is 0.237 e. The van der Waals surface area contributed by atoms with Crippen molar-refractivity contribution < 1.29 is 4.57 Å². The molecule has 0 aliphatic heterocycles. The van der Waals surface area contributed by atoms with Crippen molar-refractivity contribution >= 4 is 0 Å². The van der Waals surface area contributed by atoms with Crippen LogP contribution in [0.5, 0.6) is 0 Å². The second kappa shape index (κ2) is 6.65. The van der Waals surface area contributed by atoms with Gasteiger partial charge in [-0.2, -0.15) is 0 Å². The monoisotopic (exact) mass is 209 g/mol. The van der Waals surface area contributed by atoms with E-state index < -0.39 is 0 Å². The third kappa shape index (κ3) is 4.06. The zero-order valence-electron chi connectivity index (χ0n) is 10.4. The molecule has 1 atom stereocenters. The molecule has 1 rings (SSSR count). The zero-order valence-corrected chi connectivity index (χ0v) is 10.4. The van der Waals surface area contributed by atoms with Crippen LogP contribution in [0.2, 0.25) is 0 Å². The van der Waals surface area contributed by atoms with E-state index in [2.05, 4.69) is 48.6 Å². The Bertz CT molecular complexity index is 265. The molecular weight excluding hydrogens is 184 g/mol. The standard InChI is InChI=1S/C13H25N2/c1-4-7-8-13(5-2)11-15-10-9-14(6-3)12-15/h9-10,12-13H,4-8,11H2,1-3H3/q+1. The first-order valence-electron chi connectivity index (χ1n) is 6.34. The van der Waals surface area contributed by atoms with Crippen LogP contribution in [0.3, 0.4) is 0 Å². The number of unbranched alkanes of at least 4 members (excludes halogenated alkanes) is 1. The summed E-state index contributed by atoms with van der Waals surface area (Å²) in [5.41, 5.74) is 0. The van der Waals surface area contributed by atoms with Gasteiger partial charge in [-0.3, -0.25) is 0 Å². The first kappa shape index (κ1) is 12.3. The number of rotatable bonds is 7. The van der Waals surface area contributed by atoms with Crippen LogP contribution in [0.15, 0.2) is 18.7 Å². The summed E-state index contributed by atoms with van der Waals surface area (Å²) in [4.78, 5) is 0. The minimum Gasteiger partial charge on any atom is -0.237 e. The van der Waals surface area contributed by atoms with Crippen LogP contribution in [-0.4, -0.2) is 4.57 Å². The normalized spacial score (nSPS) is 13.0. The maximum atomic E-state index is 2.33. The Balaban J connectivity index is 2.43. The molecule has 2 heteroatoms. The largest absolute Gasteiger partial charge is 0.243 e. The van der Waals surface area contributed by atoms with Gasteiger partial charge in [-0.1, -0.05) is 26.7 Å². The Labute approximate surface area is 93.9 Å². The summed E-state index contributed by atoms with van der Waals surface area (Å²) < 4.78 is 4.56. The molecule has 86 valence electrons. The average molecular weight is 209 g/mol. The fourth-order valence-electron chi connectivity index (χ4n) is 1.95. The van der Waals surface area contributed by atoms with E-state index in [1.54, 1.807) is 0 Å². The first-order valence-corrected chi connectivity index (χ1v) is 6.34. The molecule has 0 fully saturated rings. The summed E-state index contributed by atoms with van der Waals surface area (Å²) in [7, 11) is 0. The van der Waals surface area contributed by atoms with Crippen molar-refractivity contribution in [3.05, 3.63) is 18.7 Å². The highest BCUT2D eigenvalue weighted by Crippen LogP contribution is 2.12. The van der Waals surface area contributed by atoms with E-state index in [1.807, 2.05) is 0 Å². The minimum atomic E-state index is 0.850. The second-order valence-corrected chi connectivity index (χ2v) is 4.36. The maximum absolute atomic E-state index is 2.33. The van der Waals surface area contributed by atoms with Gasteiger partial charge in [-0.15, -0.1) is 0 Å². The number of nitrogens with zero attached hydrogens (tertiary/aromatic N) is 2. The lowest BCUT2D eigenvalue weighted by atomic mass is 9.99. The number of aromatic nitrogens is 2. The summed E-state index contributed by atoms with van der Waals surface area (Å²) in [5.74, 6) is 0.850. The van der Waals surface area contributed by atoms with Crippen LogP contribution in [0.25, 0.3) is 0 Å². The maximum Gasteiger partial charge on any atom is 0.243 e. The molecule has 0 radical (unpaired) electrons. The topological polar surface area (TPSA) is 8.81 Å². The van der Waals surface area contributed by atoms with Crippen LogP contribution < -0.4 is 4.57 Å². The third-order valence-corrected chi connectivity index (χ3v) is 3.12. The van der Waals surface area contributed by atoms with Gasteiger partial charge < -0.3 is 0 Å². The summed E-state index contributed by atoms with van der Waals surface area (Å²) in [6, 6.07) is 0. The summed E-state index contributed by atoms with van der Waals surface area (Å²) in [5, 5.41) is 0. The van der Waals surface area contributed by atoms with Crippen LogP contribution in [0.1, 0.15) is 46.5 Å². The summed E-state index contributed by atoms with van der Waals surface area (Å²) in [6.07, 6.45) is 11.9. The summed E-state index contributed by atoms with van der Waals surface area (Å²) >= 11 is 0. The van der Waals surface area contributed by atoms with Gasteiger partial charge >= 0.3 is 0 Å². The van der Waals surface area contributed by atoms with Crippen molar-refractivity contribution in [1.29, 1.82) is 0 Å². The number of imidazole rings is 1. The van der Waals surface area contributed by atoms with Crippen LogP contribution in [-0.2, 0) is 13.1 Å². The quantitative estimate of drug-likeness (QED) is 0.610. The van der Waals surface area contributed by atoms with Gasteiger partial charge in [-0.25, -0.2) is 9.13 Å². The first-order chi connectivity index (χ1) is 7.30. The molecule has 1 aromatic heterocycles. The Kier molecular flexibility index (Phi) is 5.44. The second-order valence-electron chi connectivity index (χ2n) is 4.36. The third-order valence-electron chi connectivity index (χ3n) is 3.12. The molecule has 0 aliphatic rings. The fraction of sp³-hybridized carbons (Fsp3) is 0.769. The molecule has 0 N–H and O–H groups in total. The number of aryl methyl sites for hydroxylation is 1. The van der Waals surface area contributed by atoms with Crippen molar-refractivity contribution in [1.82, 2.24) is 4.57 Å². The highest BCUT2D eigenvalue weighted by molar-refractivity contribution is 4.65. The van der Waals surface area contributed by atoms with Gasteiger partial charge in [0.1, 0.15) is 12.4 Å². The van der Waals surface area contributed by atoms with Gasteiger partial charge in [0, 0.05) is 0 Å². The van der Waals surface area contributed by atoms with Crippen LogP contribution in [0.4, 0.5) is 0 Å². The molecule has 1 aromatic rings. The Morgan fingerprint density at radius 1 is 1.27 bits per heavy atom. The van der Waals surface area contributed by atoms with E-state index in [0.29, 0.717) is 0 Å². The highest BCUT2D eigenvalue weighted by Gasteiger charge is 2.10. The predicted octanol–water partition coefficient (Wildman–Crippen LogP) is 3.01. The molecule has 2 nitrogen and oxygen atoms in total. The van der Waals surface area contributed by atoms with Crippen molar-refractivity contribution in [2.45, 2.75) is 59.5 Å². The van der Waals surface area contributed by atoms with Gasteiger partial charge in [0.25, 0.3) is 0 Å². The van der Waals surface area contributed by atoms with Crippen LogP contribution >= 0.6 is 0 Å². The average Bonchev–Trinajstić information content (AvgIpc) is 2.71. The van der Waals surface area contributed by atoms with Crippen molar-refractivity contribution in [3.8, 4) is 0 Å². The predicted molar refractivity (Wildman–Crippen MR) is 63.6 cm³/mol. The molecular formula is C13H25N2+. The van der Waals surface area contributed by atoms with Gasteiger partial charge in [0.2, 0.25) is 6.33 Å². The zero-order chi connectivity index (χ0) is 11.1. The fourth-order valence-corrected chi connectivity index (χ4v) is 1.95. The molecule has 0 bridgehead atoms. The summed E-state index contributed by atoms with van der Waals surface area (Å²) in [6.45, 7) is 9.01. The van der Waals surface area contributed by atoms with E-state index in [4.69, 9.17) is 0 Å². The van der Waals surface area contributed by atoms with E-state index in [-0.39, 0.29) is 0 Å². The van der Waals surface area contributed by atoms with Crippen molar-refractivity contribution in [2.24, 2.45) is 5.92 Å². The molecule has 0 aromatic carbocycles. The van der Waals surface area contributed by atoms with Crippen LogP contribution in [0, 0.1) is 5.92 Å². The van der Waals surface area contributed by atoms with Crippen molar-refractivity contribution in [3.63, 3.8) is 0 Å². The Morgan fingerprint density at radius 2 is 2.07 bits per heavy atom. The lowest BCUT2D eigenvalue weighted by molar-refractivity contribution is -0.703. The Morgan fingerprint density at radius 3 is 2.60 bits per heavy atom. The number of hydrogen-bond acceptors (Lipinski definition) is 0. The molecule has 15 heavy (non-hydrogen) atoms. The minimum absolute atomic E-state index is 0.850. The molecule has 0 amide bonds. The molecule has 1 unspecified atom stereocenters. The molecule has 0 saturated heterocycles. The van der Waals surface area contributed by atoms with Gasteiger partial charge in [0.15, 0.2) is 0 Å². The van der Waals surface area contributed by atoms with Gasteiger partial charge in [0.05, 0.1) is 13.1 Å². The van der Waals surface area contributed by atoms with E-state index in [1.165, 1.54) is 32.2 Å². The molecule has 0 saturated carbocycles. The molecule has 1 heterocycles. The lowest BCUT2D eigenvalue weighted by Crippen LogP contribution is -2.35. The molecule has 0 spiro atoms. The lowest BCUT2D eigenvalue weighted by Gasteiger charge is -2.11.